The lowest BCUT2D eigenvalue weighted by Gasteiger charge is -2.19. The molecule has 1 aromatic heterocycles. The van der Waals surface area contributed by atoms with E-state index in [4.69, 9.17) is 20.9 Å². The number of halogens is 1. The van der Waals surface area contributed by atoms with E-state index in [1.165, 1.54) is 0 Å². The Kier molecular flexibility index (Phi) is 4.02. The number of benzene rings is 1. The largest absolute Gasteiger partial charge is 0.372 e. The highest BCUT2D eigenvalue weighted by Gasteiger charge is 2.43. The minimum atomic E-state index is 0.0135. The van der Waals surface area contributed by atoms with Gasteiger partial charge in [0.1, 0.15) is 0 Å². The summed E-state index contributed by atoms with van der Waals surface area (Å²) in [5, 5.41) is 4.38. The molecule has 1 aromatic carbocycles. The average Bonchev–Trinajstić information content (AvgIpc) is 3.21. The van der Waals surface area contributed by atoms with Gasteiger partial charge in [0, 0.05) is 29.6 Å². The van der Waals surface area contributed by atoms with Crippen molar-refractivity contribution in [1.29, 1.82) is 0 Å². The summed E-state index contributed by atoms with van der Waals surface area (Å²) in [5.41, 5.74) is 0.625. The van der Waals surface area contributed by atoms with Crippen molar-refractivity contribution in [1.82, 2.24) is 15.0 Å². The molecule has 0 radical (unpaired) electrons. The first-order chi connectivity index (χ1) is 11.6. The fourth-order valence-corrected chi connectivity index (χ4v) is 3.77. The highest BCUT2D eigenvalue weighted by atomic mass is 35.5. The number of likely N-dealkylation sites (tertiary alicyclic amines) is 1. The van der Waals surface area contributed by atoms with Crippen LogP contribution in [0.15, 0.2) is 28.8 Å². The Morgan fingerprint density at radius 1 is 1.42 bits per heavy atom. The number of nitrogens with zero attached hydrogens (tertiary/aromatic N) is 3. The standard InChI is InChI=1S/C17H18ClN3O3/c1-10-19-16(24-20-10)7-14-6-12-8-21(9-15(12)23-14)17(22)11-3-2-4-13(18)5-11/h2-5,12,14-15H,6-9H2,1H3/t12-,14-,15+/m0/s1. The van der Waals surface area contributed by atoms with Gasteiger partial charge in [-0.2, -0.15) is 4.98 Å². The Bertz CT molecular complexity index is 749. The molecule has 0 aliphatic carbocycles. The predicted molar refractivity (Wildman–Crippen MR) is 86.9 cm³/mol. The number of aromatic nitrogens is 2. The molecule has 7 heteroatoms. The van der Waals surface area contributed by atoms with Gasteiger partial charge in [-0.15, -0.1) is 0 Å². The van der Waals surface area contributed by atoms with Gasteiger partial charge in [0.15, 0.2) is 5.82 Å². The Hall–Kier alpha value is -1.92. The molecule has 2 aliphatic rings. The van der Waals surface area contributed by atoms with Crippen molar-refractivity contribution >= 4 is 17.5 Å². The molecule has 6 nitrogen and oxygen atoms in total. The number of amides is 1. The topological polar surface area (TPSA) is 68.5 Å². The molecule has 1 amide bonds. The first kappa shape index (κ1) is 15.6. The molecule has 3 heterocycles. The van der Waals surface area contributed by atoms with Crippen LogP contribution < -0.4 is 0 Å². The van der Waals surface area contributed by atoms with Crippen LogP contribution in [0.25, 0.3) is 0 Å². The van der Waals surface area contributed by atoms with Crippen LogP contribution in [0.1, 0.15) is 28.5 Å². The number of ether oxygens (including phenoxy) is 1. The van der Waals surface area contributed by atoms with Gasteiger partial charge in [-0.1, -0.05) is 22.8 Å². The van der Waals surface area contributed by atoms with Gasteiger partial charge >= 0.3 is 0 Å². The van der Waals surface area contributed by atoms with Crippen molar-refractivity contribution in [2.45, 2.75) is 32.0 Å². The van der Waals surface area contributed by atoms with Crippen LogP contribution in [-0.2, 0) is 11.2 Å². The van der Waals surface area contributed by atoms with Crippen molar-refractivity contribution in [3.05, 3.63) is 46.6 Å². The maximum Gasteiger partial charge on any atom is 0.254 e. The van der Waals surface area contributed by atoms with Crippen molar-refractivity contribution in [2.24, 2.45) is 5.92 Å². The maximum absolute atomic E-state index is 12.6. The van der Waals surface area contributed by atoms with Crippen LogP contribution in [0.2, 0.25) is 5.02 Å². The van der Waals surface area contributed by atoms with Crippen molar-refractivity contribution in [3.63, 3.8) is 0 Å². The fraction of sp³-hybridized carbons (Fsp3) is 0.471. The second kappa shape index (κ2) is 6.18. The zero-order valence-corrected chi connectivity index (χ0v) is 14.1. The monoisotopic (exact) mass is 347 g/mol. The number of aryl methyl sites for hydroxylation is 1. The highest BCUT2D eigenvalue weighted by molar-refractivity contribution is 6.30. The van der Waals surface area contributed by atoms with Gasteiger partial charge < -0.3 is 14.2 Å². The summed E-state index contributed by atoms with van der Waals surface area (Å²) >= 11 is 5.97. The lowest BCUT2D eigenvalue weighted by atomic mass is 10.0. The molecule has 2 saturated heterocycles. The Balaban J connectivity index is 1.36. The summed E-state index contributed by atoms with van der Waals surface area (Å²) in [6.07, 6.45) is 1.71. The molecule has 4 rings (SSSR count). The summed E-state index contributed by atoms with van der Waals surface area (Å²) in [6, 6.07) is 7.07. The third-order valence-corrected chi connectivity index (χ3v) is 4.88. The molecule has 0 saturated carbocycles. The van der Waals surface area contributed by atoms with Gasteiger partial charge in [0.05, 0.1) is 18.6 Å². The first-order valence-electron chi connectivity index (χ1n) is 8.08. The molecule has 2 aliphatic heterocycles. The molecule has 3 atom stereocenters. The quantitative estimate of drug-likeness (QED) is 0.853. The number of carbonyl (C=O) groups is 1. The Morgan fingerprint density at radius 3 is 3.00 bits per heavy atom. The zero-order valence-electron chi connectivity index (χ0n) is 13.3. The first-order valence-corrected chi connectivity index (χ1v) is 8.46. The number of rotatable bonds is 3. The average molecular weight is 348 g/mol. The Labute approximate surface area is 144 Å². The van der Waals surface area contributed by atoms with Gasteiger partial charge in [-0.3, -0.25) is 4.79 Å². The summed E-state index contributed by atoms with van der Waals surface area (Å²) in [6.45, 7) is 3.14. The van der Waals surface area contributed by atoms with Gasteiger partial charge in [0.25, 0.3) is 5.91 Å². The number of carbonyl (C=O) groups excluding carboxylic acids is 1. The molecular formula is C17H18ClN3O3. The van der Waals surface area contributed by atoms with E-state index in [0.717, 1.165) is 13.0 Å². The summed E-state index contributed by atoms with van der Waals surface area (Å²) in [5.74, 6) is 1.63. The molecule has 0 bridgehead atoms. The lowest BCUT2D eigenvalue weighted by Crippen LogP contribution is -2.31. The number of hydrogen-bond acceptors (Lipinski definition) is 5. The number of hydrogen-bond donors (Lipinski definition) is 0. The Morgan fingerprint density at radius 2 is 2.29 bits per heavy atom. The van der Waals surface area contributed by atoms with Crippen LogP contribution >= 0.6 is 11.6 Å². The van der Waals surface area contributed by atoms with Crippen LogP contribution in [0.5, 0.6) is 0 Å². The van der Waals surface area contributed by atoms with E-state index in [1.54, 1.807) is 31.2 Å². The zero-order chi connectivity index (χ0) is 16.7. The van der Waals surface area contributed by atoms with E-state index in [0.29, 0.717) is 41.2 Å². The third-order valence-electron chi connectivity index (χ3n) is 4.64. The van der Waals surface area contributed by atoms with E-state index in [9.17, 15) is 4.79 Å². The molecule has 2 fully saturated rings. The smallest absolute Gasteiger partial charge is 0.254 e. The molecule has 0 unspecified atom stereocenters. The van der Waals surface area contributed by atoms with E-state index in [-0.39, 0.29) is 18.1 Å². The summed E-state index contributed by atoms with van der Waals surface area (Å²) in [4.78, 5) is 18.7. The van der Waals surface area contributed by atoms with Crippen molar-refractivity contribution in [3.8, 4) is 0 Å². The van der Waals surface area contributed by atoms with E-state index in [2.05, 4.69) is 10.1 Å². The van der Waals surface area contributed by atoms with Crippen molar-refractivity contribution < 1.29 is 14.1 Å². The van der Waals surface area contributed by atoms with Gasteiger partial charge in [0.2, 0.25) is 5.89 Å². The molecule has 24 heavy (non-hydrogen) atoms. The van der Waals surface area contributed by atoms with Crippen LogP contribution in [0.3, 0.4) is 0 Å². The minimum absolute atomic E-state index is 0.0135. The fourth-order valence-electron chi connectivity index (χ4n) is 3.58. The van der Waals surface area contributed by atoms with Crippen LogP contribution in [0.4, 0.5) is 0 Å². The third kappa shape index (κ3) is 3.03. The minimum Gasteiger partial charge on any atom is -0.372 e. The predicted octanol–water partition coefficient (Wildman–Crippen LogP) is 2.50. The van der Waals surface area contributed by atoms with E-state index < -0.39 is 0 Å². The maximum atomic E-state index is 12.6. The lowest BCUT2D eigenvalue weighted by molar-refractivity contribution is 0.0330. The van der Waals surface area contributed by atoms with Gasteiger partial charge in [-0.25, -0.2) is 0 Å². The molecular weight excluding hydrogens is 330 g/mol. The normalized spacial score (nSPS) is 25.9. The summed E-state index contributed by atoms with van der Waals surface area (Å²) < 4.78 is 11.2. The molecule has 0 spiro atoms. The van der Waals surface area contributed by atoms with Crippen LogP contribution in [0, 0.1) is 12.8 Å². The highest BCUT2D eigenvalue weighted by Crippen LogP contribution is 2.34. The number of fused-ring (bicyclic) bond motifs is 1. The van der Waals surface area contributed by atoms with Crippen molar-refractivity contribution in [2.75, 3.05) is 13.1 Å². The van der Waals surface area contributed by atoms with E-state index >= 15 is 0 Å². The molecule has 0 N–H and O–H groups in total. The van der Waals surface area contributed by atoms with Gasteiger partial charge in [-0.05, 0) is 31.5 Å². The second-order valence-electron chi connectivity index (χ2n) is 6.45. The van der Waals surface area contributed by atoms with Crippen LogP contribution in [-0.4, -0.2) is 46.2 Å². The summed E-state index contributed by atoms with van der Waals surface area (Å²) in [7, 11) is 0. The molecule has 2 aromatic rings. The molecule has 126 valence electrons. The SMILES string of the molecule is Cc1noc(C[C@@H]2C[C@H]3CN(C(=O)c4cccc(Cl)c4)C[C@H]3O2)n1. The second-order valence-corrected chi connectivity index (χ2v) is 6.89. The van der Waals surface area contributed by atoms with E-state index in [1.807, 2.05) is 4.90 Å².